The van der Waals surface area contributed by atoms with Crippen LogP contribution in [0.2, 0.25) is 0 Å². The molecule has 36 heavy (non-hydrogen) atoms. The predicted molar refractivity (Wildman–Crippen MR) is 148 cm³/mol. The minimum absolute atomic E-state index is 0.0787. The second-order valence-corrected chi connectivity index (χ2v) is 10.4. The number of benzene rings is 3. The summed E-state index contributed by atoms with van der Waals surface area (Å²) in [6.07, 6.45) is 5.81. The first-order valence-corrected chi connectivity index (χ1v) is 13.6. The molecule has 4 nitrogen and oxygen atoms in total. The summed E-state index contributed by atoms with van der Waals surface area (Å²) >= 11 is 0. The molecule has 4 heteroatoms. The molecule has 2 fully saturated rings. The fourth-order valence-corrected chi connectivity index (χ4v) is 6.55. The van der Waals surface area contributed by atoms with Crippen molar-refractivity contribution in [1.29, 1.82) is 0 Å². The zero-order valence-electron chi connectivity index (χ0n) is 21.7. The Balaban J connectivity index is 1.33. The van der Waals surface area contributed by atoms with Crippen molar-refractivity contribution in [3.8, 4) is 0 Å². The van der Waals surface area contributed by atoms with Crippen molar-refractivity contribution in [3.05, 3.63) is 102 Å². The average Bonchev–Trinajstić information content (AvgIpc) is 3.15. The maximum atomic E-state index is 12.7. The Morgan fingerprint density at radius 3 is 2.28 bits per heavy atom. The first kappa shape index (κ1) is 24.6. The molecular weight excluding hydrogens is 442 g/mol. The van der Waals surface area contributed by atoms with Gasteiger partial charge in [-0.05, 0) is 81.3 Å². The molecule has 2 aliphatic heterocycles. The van der Waals surface area contributed by atoms with E-state index in [9.17, 15) is 4.79 Å². The topological polar surface area (TPSA) is 35.6 Å². The Hall–Kier alpha value is -3.11. The number of carbonyl (C=O) groups excluding carboxylic acids is 1. The van der Waals surface area contributed by atoms with E-state index in [0.717, 1.165) is 50.1 Å². The van der Waals surface area contributed by atoms with Crippen molar-refractivity contribution >= 4 is 11.6 Å². The summed E-state index contributed by atoms with van der Waals surface area (Å²) in [6, 6.07) is 31.2. The van der Waals surface area contributed by atoms with Crippen molar-refractivity contribution in [3.63, 3.8) is 0 Å². The third-order valence-electron chi connectivity index (χ3n) is 8.37. The first-order valence-electron chi connectivity index (χ1n) is 13.6. The third kappa shape index (κ3) is 4.92. The highest BCUT2D eigenvalue weighted by Gasteiger charge is 2.52. The number of nitrogens with one attached hydrogen (secondary N) is 1. The normalized spacial score (nSPS) is 23.4. The summed E-state index contributed by atoms with van der Waals surface area (Å²) in [5, 5.41) is 3.84. The zero-order chi connectivity index (χ0) is 25.0. The number of carbonyl (C=O) groups is 1. The van der Waals surface area contributed by atoms with Crippen LogP contribution in [0.1, 0.15) is 61.0 Å². The molecule has 2 aliphatic rings. The van der Waals surface area contributed by atoms with Gasteiger partial charge in [-0.2, -0.15) is 0 Å². The standard InChI is InChI=1S/C32H39N3O/c1-3-34(4-2)31(36)26-15-17-28(18-16-26)33-29-23-30-19-21-32(24-29,27-13-9-6-10-14-27)35(30)22-20-25-11-7-5-8-12-25/h5-18,29-30,33H,3-4,19-24H2,1-2H3. The van der Waals surface area contributed by atoms with Crippen LogP contribution in [-0.2, 0) is 12.0 Å². The number of piperidine rings is 1. The number of hydrogen-bond donors (Lipinski definition) is 1. The van der Waals surface area contributed by atoms with E-state index in [1.165, 1.54) is 24.0 Å². The van der Waals surface area contributed by atoms with Gasteiger partial charge in [-0.1, -0.05) is 60.7 Å². The second kappa shape index (κ2) is 10.9. The summed E-state index contributed by atoms with van der Waals surface area (Å²) in [5.74, 6) is 0.111. The van der Waals surface area contributed by atoms with Gasteiger partial charge in [-0.3, -0.25) is 9.69 Å². The van der Waals surface area contributed by atoms with Gasteiger partial charge in [0.15, 0.2) is 0 Å². The van der Waals surface area contributed by atoms with Crippen molar-refractivity contribution in [2.45, 2.75) is 63.6 Å². The van der Waals surface area contributed by atoms with Crippen LogP contribution in [0.5, 0.6) is 0 Å². The molecule has 3 unspecified atom stereocenters. The number of rotatable bonds is 9. The lowest BCUT2D eigenvalue weighted by Crippen LogP contribution is -2.54. The quantitative estimate of drug-likeness (QED) is 0.387. The molecule has 0 aliphatic carbocycles. The Morgan fingerprint density at radius 2 is 1.61 bits per heavy atom. The van der Waals surface area contributed by atoms with Crippen LogP contribution < -0.4 is 5.32 Å². The van der Waals surface area contributed by atoms with Crippen LogP contribution in [0.4, 0.5) is 5.69 Å². The SMILES string of the molecule is CCN(CC)C(=O)c1ccc(NC2CC3CCC(c4ccccc4)(C2)N3CCc2ccccc2)cc1. The van der Waals surface area contributed by atoms with Gasteiger partial charge < -0.3 is 10.2 Å². The summed E-state index contributed by atoms with van der Waals surface area (Å²) in [4.78, 5) is 17.4. The maximum Gasteiger partial charge on any atom is 0.253 e. The Morgan fingerprint density at radius 1 is 0.944 bits per heavy atom. The minimum Gasteiger partial charge on any atom is -0.382 e. The van der Waals surface area contributed by atoms with E-state index in [-0.39, 0.29) is 11.4 Å². The van der Waals surface area contributed by atoms with Gasteiger partial charge >= 0.3 is 0 Å². The van der Waals surface area contributed by atoms with Crippen LogP contribution in [-0.4, -0.2) is 47.4 Å². The summed E-state index contributed by atoms with van der Waals surface area (Å²) in [7, 11) is 0. The first-order chi connectivity index (χ1) is 17.6. The summed E-state index contributed by atoms with van der Waals surface area (Å²) in [6.45, 7) is 6.63. The molecule has 2 bridgehead atoms. The van der Waals surface area contributed by atoms with Crippen LogP contribution in [0.3, 0.4) is 0 Å². The number of fused-ring (bicyclic) bond motifs is 2. The lowest BCUT2D eigenvalue weighted by Gasteiger charge is -2.48. The lowest BCUT2D eigenvalue weighted by molar-refractivity contribution is 0.0457. The van der Waals surface area contributed by atoms with Gasteiger partial charge in [-0.25, -0.2) is 0 Å². The van der Waals surface area contributed by atoms with Gasteiger partial charge in [0, 0.05) is 48.5 Å². The molecule has 1 amide bonds. The molecule has 2 saturated heterocycles. The smallest absolute Gasteiger partial charge is 0.253 e. The largest absolute Gasteiger partial charge is 0.382 e. The zero-order valence-corrected chi connectivity index (χ0v) is 21.7. The Kier molecular flexibility index (Phi) is 7.43. The lowest BCUT2D eigenvalue weighted by atomic mass is 9.79. The molecule has 0 spiro atoms. The molecule has 0 aromatic heterocycles. The highest BCUT2D eigenvalue weighted by atomic mass is 16.2. The number of anilines is 1. The fourth-order valence-electron chi connectivity index (χ4n) is 6.55. The third-order valence-corrected chi connectivity index (χ3v) is 8.37. The molecular formula is C32H39N3O. The average molecular weight is 482 g/mol. The minimum atomic E-state index is 0.0787. The van der Waals surface area contributed by atoms with Gasteiger partial charge in [0.05, 0.1) is 0 Å². The molecule has 0 radical (unpaired) electrons. The monoisotopic (exact) mass is 481 g/mol. The molecule has 188 valence electrons. The van der Waals surface area contributed by atoms with Gasteiger partial charge in [0.2, 0.25) is 0 Å². The van der Waals surface area contributed by atoms with E-state index in [4.69, 9.17) is 0 Å². The van der Waals surface area contributed by atoms with Gasteiger partial charge in [0.25, 0.3) is 5.91 Å². The molecule has 3 atom stereocenters. The summed E-state index contributed by atoms with van der Waals surface area (Å²) < 4.78 is 0. The maximum absolute atomic E-state index is 12.7. The number of hydrogen-bond acceptors (Lipinski definition) is 3. The van der Waals surface area contributed by atoms with Crippen molar-refractivity contribution < 1.29 is 4.79 Å². The van der Waals surface area contributed by atoms with E-state index in [1.54, 1.807) is 0 Å². The van der Waals surface area contributed by atoms with Gasteiger partial charge in [-0.15, -0.1) is 0 Å². The number of amides is 1. The molecule has 3 aromatic rings. The molecule has 5 rings (SSSR count). The number of nitrogens with zero attached hydrogens (tertiary/aromatic N) is 2. The fraction of sp³-hybridized carbons (Fsp3) is 0.406. The van der Waals surface area contributed by atoms with Crippen LogP contribution in [0.15, 0.2) is 84.9 Å². The van der Waals surface area contributed by atoms with Gasteiger partial charge in [0.1, 0.15) is 0 Å². The van der Waals surface area contributed by atoms with Crippen molar-refractivity contribution in [2.24, 2.45) is 0 Å². The second-order valence-electron chi connectivity index (χ2n) is 10.4. The van der Waals surface area contributed by atoms with Crippen LogP contribution in [0.25, 0.3) is 0 Å². The molecule has 2 heterocycles. The highest BCUT2D eigenvalue weighted by Crippen LogP contribution is 2.51. The van der Waals surface area contributed by atoms with E-state index >= 15 is 0 Å². The summed E-state index contributed by atoms with van der Waals surface area (Å²) in [5.41, 5.74) is 4.82. The Labute approximate surface area is 216 Å². The Bertz CT molecular complexity index is 1130. The van der Waals surface area contributed by atoms with E-state index < -0.39 is 0 Å². The molecule has 0 saturated carbocycles. The van der Waals surface area contributed by atoms with E-state index in [1.807, 2.05) is 30.9 Å². The molecule has 1 N–H and O–H groups in total. The highest BCUT2D eigenvalue weighted by molar-refractivity contribution is 5.94. The van der Waals surface area contributed by atoms with E-state index in [2.05, 4.69) is 83.0 Å². The van der Waals surface area contributed by atoms with Crippen molar-refractivity contribution in [1.82, 2.24) is 9.80 Å². The van der Waals surface area contributed by atoms with Crippen LogP contribution >= 0.6 is 0 Å². The van der Waals surface area contributed by atoms with Crippen LogP contribution in [0, 0.1) is 0 Å². The predicted octanol–water partition coefficient (Wildman–Crippen LogP) is 6.35. The molecule has 3 aromatic carbocycles. The van der Waals surface area contributed by atoms with Crippen molar-refractivity contribution in [2.75, 3.05) is 25.0 Å². The van der Waals surface area contributed by atoms with E-state index in [0.29, 0.717) is 12.1 Å².